The Labute approximate surface area is 121 Å². The first kappa shape index (κ1) is 12.7. The van der Waals surface area contributed by atoms with Crippen LogP contribution in [0.2, 0.25) is 0 Å². The molecule has 0 aliphatic carbocycles. The van der Waals surface area contributed by atoms with Crippen LogP contribution in [-0.2, 0) is 11.2 Å². The van der Waals surface area contributed by atoms with Crippen LogP contribution in [0.5, 0.6) is 0 Å². The van der Waals surface area contributed by atoms with E-state index in [1.54, 1.807) is 16.2 Å². The molecule has 0 spiro atoms. The quantitative estimate of drug-likeness (QED) is 0.769. The summed E-state index contributed by atoms with van der Waals surface area (Å²) in [5.74, 6) is 0.144. The highest BCUT2D eigenvalue weighted by Crippen LogP contribution is 2.37. The van der Waals surface area contributed by atoms with Crippen molar-refractivity contribution in [3.8, 4) is 0 Å². The van der Waals surface area contributed by atoms with Crippen molar-refractivity contribution in [1.29, 1.82) is 0 Å². The van der Waals surface area contributed by atoms with Gasteiger partial charge in [-0.3, -0.25) is 4.79 Å². The maximum Gasteiger partial charge on any atom is 0.231 e. The van der Waals surface area contributed by atoms with Gasteiger partial charge in [0.25, 0.3) is 0 Å². The summed E-state index contributed by atoms with van der Waals surface area (Å²) in [5, 5.41) is 1.93. The molecule has 1 aliphatic heterocycles. The Morgan fingerprint density at radius 1 is 1.37 bits per heavy atom. The third-order valence-corrected chi connectivity index (χ3v) is 5.29. The molecule has 2 heterocycles. The molecule has 0 N–H and O–H groups in total. The Hall–Kier alpha value is -1.32. The summed E-state index contributed by atoms with van der Waals surface area (Å²) in [7, 11) is 1.81. The number of hydrogen-bond donors (Lipinski definition) is 0. The van der Waals surface area contributed by atoms with Crippen molar-refractivity contribution in [2.75, 3.05) is 11.9 Å². The van der Waals surface area contributed by atoms with Gasteiger partial charge in [0, 0.05) is 17.6 Å². The molecule has 19 heavy (non-hydrogen) atoms. The normalized spacial score (nSPS) is 15.7. The molecule has 1 aromatic carbocycles. The van der Waals surface area contributed by atoms with Crippen molar-refractivity contribution in [2.45, 2.75) is 18.7 Å². The van der Waals surface area contributed by atoms with Crippen molar-refractivity contribution in [3.63, 3.8) is 0 Å². The number of carbonyl (C=O) groups is 1. The highest BCUT2D eigenvalue weighted by molar-refractivity contribution is 7.10. The Kier molecular flexibility index (Phi) is 3.11. The number of nitrogens with zero attached hydrogens (tertiary/aromatic N) is 1. The molecular formula is C15H14ClNOS. The number of benzene rings is 1. The highest BCUT2D eigenvalue weighted by Gasteiger charge is 2.25. The van der Waals surface area contributed by atoms with Gasteiger partial charge in [0.15, 0.2) is 0 Å². The molecule has 0 fully saturated rings. The molecule has 0 saturated carbocycles. The average Bonchev–Trinajstić information content (AvgIpc) is 2.93. The zero-order chi connectivity index (χ0) is 13.6. The van der Waals surface area contributed by atoms with Gasteiger partial charge < -0.3 is 4.90 Å². The Morgan fingerprint density at radius 3 is 2.84 bits per heavy atom. The lowest BCUT2D eigenvalue weighted by Gasteiger charge is -2.13. The third-order valence-electron chi connectivity index (χ3n) is 3.61. The van der Waals surface area contributed by atoms with Gasteiger partial charge in [-0.1, -0.05) is 12.1 Å². The number of halogens is 1. The van der Waals surface area contributed by atoms with Crippen molar-refractivity contribution < 1.29 is 4.79 Å². The second kappa shape index (κ2) is 4.66. The number of alkyl halides is 1. The number of carbonyl (C=O) groups excluding carboxylic acids is 1. The summed E-state index contributed by atoms with van der Waals surface area (Å²) < 4.78 is 0. The maximum atomic E-state index is 11.7. The van der Waals surface area contributed by atoms with Crippen LogP contribution in [-0.4, -0.2) is 13.0 Å². The van der Waals surface area contributed by atoms with Crippen LogP contribution in [0, 0.1) is 6.92 Å². The van der Waals surface area contributed by atoms with Gasteiger partial charge in [-0.25, -0.2) is 0 Å². The van der Waals surface area contributed by atoms with Crippen molar-refractivity contribution >= 4 is 34.5 Å². The first-order chi connectivity index (χ1) is 9.08. The number of hydrogen-bond acceptors (Lipinski definition) is 2. The molecule has 1 unspecified atom stereocenters. The van der Waals surface area contributed by atoms with E-state index in [1.807, 2.05) is 19.2 Å². The molecule has 4 heteroatoms. The molecule has 1 aliphatic rings. The molecule has 1 atom stereocenters. The molecule has 2 aromatic rings. The summed E-state index contributed by atoms with van der Waals surface area (Å²) >= 11 is 8.24. The number of likely N-dealkylation sites (N-methyl/N-ethyl adjacent to an activating group) is 1. The Morgan fingerprint density at radius 2 is 2.16 bits per heavy atom. The Balaban J connectivity index is 1.98. The second-order valence-electron chi connectivity index (χ2n) is 4.85. The summed E-state index contributed by atoms with van der Waals surface area (Å²) in [6.07, 6.45) is 0.479. The number of amides is 1. The summed E-state index contributed by atoms with van der Waals surface area (Å²) in [6.45, 7) is 2.08. The molecule has 98 valence electrons. The van der Waals surface area contributed by atoms with Gasteiger partial charge in [-0.15, -0.1) is 22.9 Å². The van der Waals surface area contributed by atoms with E-state index in [0.717, 1.165) is 16.8 Å². The minimum absolute atomic E-state index is 0.133. The lowest BCUT2D eigenvalue weighted by molar-refractivity contribution is -0.117. The minimum atomic E-state index is -0.133. The van der Waals surface area contributed by atoms with Gasteiger partial charge in [0.05, 0.1) is 11.8 Å². The van der Waals surface area contributed by atoms with Crippen LogP contribution in [0.4, 0.5) is 5.69 Å². The predicted octanol–water partition coefficient (Wildman–Crippen LogP) is 3.90. The first-order valence-corrected chi connectivity index (χ1v) is 7.47. The molecule has 0 saturated heterocycles. The lowest BCUT2D eigenvalue weighted by Crippen LogP contribution is -2.20. The van der Waals surface area contributed by atoms with E-state index in [0.29, 0.717) is 6.42 Å². The molecule has 0 radical (unpaired) electrons. The van der Waals surface area contributed by atoms with Crippen LogP contribution in [0.3, 0.4) is 0 Å². The lowest BCUT2D eigenvalue weighted by atomic mass is 10.0. The molecule has 3 rings (SSSR count). The fraction of sp³-hybridized carbons (Fsp3) is 0.267. The number of rotatable bonds is 2. The summed E-state index contributed by atoms with van der Waals surface area (Å²) in [6, 6.07) is 8.16. The maximum absolute atomic E-state index is 11.7. The van der Waals surface area contributed by atoms with E-state index in [4.69, 9.17) is 11.6 Å². The number of aryl methyl sites for hydroxylation is 1. The molecule has 2 nitrogen and oxygen atoms in total. The SMILES string of the molecule is Cc1ccsc1C(Cl)c1ccc2c(c1)CC(=O)N2C. The smallest absolute Gasteiger partial charge is 0.231 e. The van der Waals surface area contributed by atoms with Gasteiger partial charge in [0.1, 0.15) is 0 Å². The first-order valence-electron chi connectivity index (χ1n) is 6.15. The highest BCUT2D eigenvalue weighted by atomic mass is 35.5. The second-order valence-corrected chi connectivity index (χ2v) is 6.23. The van der Waals surface area contributed by atoms with E-state index < -0.39 is 0 Å². The standard InChI is InChI=1S/C15H14ClNOS/c1-9-5-6-19-15(9)14(16)10-3-4-12-11(7-10)8-13(18)17(12)2/h3-7,14H,8H2,1-2H3. The number of thiophene rings is 1. The largest absolute Gasteiger partial charge is 0.315 e. The summed E-state index contributed by atoms with van der Waals surface area (Å²) in [4.78, 5) is 14.6. The zero-order valence-electron chi connectivity index (χ0n) is 10.8. The van der Waals surface area contributed by atoms with Crippen LogP contribution in [0.15, 0.2) is 29.6 Å². The van der Waals surface area contributed by atoms with E-state index in [9.17, 15) is 4.79 Å². The van der Waals surface area contributed by atoms with E-state index in [1.165, 1.54) is 10.4 Å². The zero-order valence-corrected chi connectivity index (χ0v) is 12.4. The minimum Gasteiger partial charge on any atom is -0.315 e. The van der Waals surface area contributed by atoms with Crippen LogP contribution in [0.1, 0.15) is 26.9 Å². The molecule has 1 amide bonds. The van der Waals surface area contributed by atoms with Gasteiger partial charge in [0.2, 0.25) is 5.91 Å². The van der Waals surface area contributed by atoms with Gasteiger partial charge >= 0.3 is 0 Å². The summed E-state index contributed by atoms with van der Waals surface area (Å²) in [5.41, 5.74) is 4.36. The fourth-order valence-electron chi connectivity index (χ4n) is 2.44. The molecular weight excluding hydrogens is 278 g/mol. The van der Waals surface area contributed by atoms with Gasteiger partial charge in [-0.2, -0.15) is 0 Å². The molecule has 0 bridgehead atoms. The van der Waals surface area contributed by atoms with Crippen LogP contribution < -0.4 is 4.90 Å². The van der Waals surface area contributed by atoms with E-state index in [2.05, 4.69) is 24.4 Å². The van der Waals surface area contributed by atoms with Crippen molar-refractivity contribution in [1.82, 2.24) is 0 Å². The van der Waals surface area contributed by atoms with Crippen molar-refractivity contribution in [3.05, 3.63) is 51.2 Å². The predicted molar refractivity (Wildman–Crippen MR) is 80.3 cm³/mol. The van der Waals surface area contributed by atoms with Crippen LogP contribution >= 0.6 is 22.9 Å². The van der Waals surface area contributed by atoms with Crippen molar-refractivity contribution in [2.24, 2.45) is 0 Å². The topological polar surface area (TPSA) is 20.3 Å². The monoisotopic (exact) mass is 291 g/mol. The van der Waals surface area contributed by atoms with Crippen LogP contribution in [0.25, 0.3) is 0 Å². The third kappa shape index (κ3) is 2.07. The number of fused-ring (bicyclic) bond motifs is 1. The van der Waals surface area contributed by atoms with E-state index in [-0.39, 0.29) is 11.3 Å². The fourth-order valence-corrected chi connectivity index (χ4v) is 3.83. The number of anilines is 1. The van der Waals surface area contributed by atoms with E-state index >= 15 is 0 Å². The van der Waals surface area contributed by atoms with Gasteiger partial charge in [-0.05, 0) is 41.1 Å². The molecule has 1 aromatic heterocycles. The average molecular weight is 292 g/mol. The Bertz CT molecular complexity index is 649.